The third kappa shape index (κ3) is 5.40. The molecule has 1 unspecified atom stereocenters. The zero-order chi connectivity index (χ0) is 23.9. The molecule has 1 N–H and O–H groups in total. The van der Waals surface area contributed by atoms with E-state index in [1.54, 1.807) is 32.4 Å². The van der Waals surface area contributed by atoms with Gasteiger partial charge in [-0.3, -0.25) is 4.79 Å². The molecule has 176 valence electrons. The van der Waals surface area contributed by atoms with Gasteiger partial charge in [0.25, 0.3) is 5.91 Å². The van der Waals surface area contributed by atoms with Gasteiger partial charge in [-0.2, -0.15) is 0 Å². The first-order valence-corrected chi connectivity index (χ1v) is 10.7. The van der Waals surface area contributed by atoms with E-state index in [0.717, 1.165) is 11.1 Å². The van der Waals surface area contributed by atoms with Crippen LogP contribution in [0.4, 0.5) is 0 Å². The predicted octanol–water partition coefficient (Wildman–Crippen LogP) is 3.29. The molecule has 1 heterocycles. The van der Waals surface area contributed by atoms with Crippen molar-refractivity contribution < 1.29 is 33.3 Å². The molecule has 1 amide bonds. The summed E-state index contributed by atoms with van der Waals surface area (Å²) in [4.78, 5) is 25.2. The molecular formula is C26H25NO7. The summed E-state index contributed by atoms with van der Waals surface area (Å²) < 4.78 is 26.8. The Kier molecular flexibility index (Phi) is 7.17. The Balaban J connectivity index is 1.41. The van der Waals surface area contributed by atoms with Crippen molar-refractivity contribution in [3.8, 4) is 23.0 Å². The second kappa shape index (κ2) is 10.6. The van der Waals surface area contributed by atoms with Crippen molar-refractivity contribution >= 4 is 11.9 Å². The molecular weight excluding hydrogens is 438 g/mol. The second-order valence-corrected chi connectivity index (χ2v) is 7.52. The van der Waals surface area contributed by atoms with Crippen LogP contribution in [0.1, 0.15) is 17.2 Å². The van der Waals surface area contributed by atoms with Gasteiger partial charge in [0.1, 0.15) is 18.1 Å². The molecule has 8 nitrogen and oxygen atoms in total. The molecule has 4 rings (SSSR count). The molecule has 3 aromatic carbocycles. The summed E-state index contributed by atoms with van der Waals surface area (Å²) in [5, 5.41) is 2.93. The number of methoxy groups -OCH3 is 2. The Morgan fingerprint density at radius 1 is 0.882 bits per heavy atom. The van der Waals surface area contributed by atoms with Gasteiger partial charge >= 0.3 is 5.97 Å². The summed E-state index contributed by atoms with van der Waals surface area (Å²) in [5.74, 6) is 1.30. The maximum absolute atomic E-state index is 12.7. The summed E-state index contributed by atoms with van der Waals surface area (Å²) >= 11 is 0. The van der Waals surface area contributed by atoms with E-state index in [9.17, 15) is 9.59 Å². The van der Waals surface area contributed by atoms with Gasteiger partial charge in [-0.25, -0.2) is 4.79 Å². The standard InChI is InChI=1S/C26H25NO7/c1-30-19-11-7-17(8-12-19)25(18-9-13-20(31-2)14-10-18)27-24(28)16-33-26(29)23-15-32-21-5-3-4-6-22(21)34-23/h3-14,23,25H,15-16H2,1-2H3,(H,27,28). The molecule has 0 spiro atoms. The zero-order valence-electron chi connectivity index (χ0n) is 18.9. The summed E-state index contributed by atoms with van der Waals surface area (Å²) in [5.41, 5.74) is 1.68. The van der Waals surface area contributed by atoms with E-state index in [1.165, 1.54) is 0 Å². The summed E-state index contributed by atoms with van der Waals surface area (Å²) in [6, 6.07) is 21.3. The molecule has 1 atom stereocenters. The van der Waals surface area contributed by atoms with Gasteiger partial charge in [-0.05, 0) is 47.5 Å². The number of esters is 1. The molecule has 0 fully saturated rings. The fourth-order valence-electron chi connectivity index (χ4n) is 3.52. The molecule has 0 bridgehead atoms. The van der Waals surface area contributed by atoms with Crippen LogP contribution in [0.15, 0.2) is 72.8 Å². The van der Waals surface area contributed by atoms with E-state index in [-0.39, 0.29) is 6.61 Å². The van der Waals surface area contributed by atoms with Crippen LogP contribution in [0.3, 0.4) is 0 Å². The van der Waals surface area contributed by atoms with Gasteiger partial charge in [-0.1, -0.05) is 36.4 Å². The van der Waals surface area contributed by atoms with Crippen LogP contribution in [-0.4, -0.2) is 45.4 Å². The normalized spacial score (nSPS) is 14.3. The minimum Gasteiger partial charge on any atom is -0.497 e. The lowest BCUT2D eigenvalue weighted by Crippen LogP contribution is -2.40. The molecule has 0 saturated carbocycles. The maximum atomic E-state index is 12.7. The number of benzene rings is 3. The van der Waals surface area contributed by atoms with Gasteiger partial charge in [0.05, 0.1) is 20.3 Å². The van der Waals surface area contributed by atoms with Crippen molar-refractivity contribution in [3.05, 3.63) is 83.9 Å². The number of carbonyl (C=O) groups excluding carboxylic acids is 2. The van der Waals surface area contributed by atoms with Crippen molar-refractivity contribution in [2.24, 2.45) is 0 Å². The van der Waals surface area contributed by atoms with Gasteiger partial charge < -0.3 is 29.0 Å². The minimum atomic E-state index is -0.943. The number of rotatable bonds is 8. The predicted molar refractivity (Wildman–Crippen MR) is 123 cm³/mol. The lowest BCUT2D eigenvalue weighted by atomic mass is 9.98. The number of amides is 1. The third-order valence-corrected chi connectivity index (χ3v) is 5.32. The third-order valence-electron chi connectivity index (χ3n) is 5.32. The smallest absolute Gasteiger partial charge is 0.351 e. The Labute approximate surface area is 197 Å². The average Bonchev–Trinajstić information content (AvgIpc) is 2.90. The molecule has 0 aromatic heterocycles. The molecule has 0 saturated heterocycles. The van der Waals surface area contributed by atoms with E-state index in [1.807, 2.05) is 54.6 Å². The number of fused-ring (bicyclic) bond motifs is 1. The van der Waals surface area contributed by atoms with Crippen LogP contribution in [0.5, 0.6) is 23.0 Å². The minimum absolute atomic E-state index is 0.0117. The van der Waals surface area contributed by atoms with Gasteiger partial charge in [0.15, 0.2) is 18.1 Å². The number of nitrogens with one attached hydrogen (secondary N) is 1. The fraction of sp³-hybridized carbons (Fsp3) is 0.231. The molecule has 3 aromatic rings. The van der Waals surface area contributed by atoms with Gasteiger partial charge in [0.2, 0.25) is 6.10 Å². The number of carbonyl (C=O) groups is 2. The fourth-order valence-corrected chi connectivity index (χ4v) is 3.52. The second-order valence-electron chi connectivity index (χ2n) is 7.52. The quantitative estimate of drug-likeness (QED) is 0.513. The van der Waals surface area contributed by atoms with Crippen molar-refractivity contribution in [1.29, 1.82) is 0 Å². The maximum Gasteiger partial charge on any atom is 0.351 e. The number of para-hydroxylation sites is 2. The monoisotopic (exact) mass is 463 g/mol. The first-order valence-electron chi connectivity index (χ1n) is 10.7. The Hall–Kier alpha value is -4.20. The number of hydrogen-bond acceptors (Lipinski definition) is 7. The Morgan fingerprint density at radius 3 is 2.00 bits per heavy atom. The Morgan fingerprint density at radius 2 is 1.44 bits per heavy atom. The zero-order valence-corrected chi connectivity index (χ0v) is 18.9. The first-order chi connectivity index (χ1) is 16.6. The van der Waals surface area contributed by atoms with Crippen LogP contribution in [0, 0.1) is 0 Å². The van der Waals surface area contributed by atoms with E-state index < -0.39 is 30.6 Å². The highest BCUT2D eigenvalue weighted by Gasteiger charge is 2.29. The van der Waals surface area contributed by atoms with Gasteiger partial charge in [0, 0.05) is 0 Å². The summed E-state index contributed by atoms with van der Waals surface area (Å²) in [7, 11) is 3.18. The van der Waals surface area contributed by atoms with Crippen molar-refractivity contribution in [2.45, 2.75) is 12.1 Å². The van der Waals surface area contributed by atoms with Crippen LogP contribution in [-0.2, 0) is 14.3 Å². The highest BCUT2D eigenvalue weighted by molar-refractivity contribution is 5.83. The van der Waals surface area contributed by atoms with Crippen molar-refractivity contribution in [2.75, 3.05) is 27.4 Å². The van der Waals surface area contributed by atoms with Crippen LogP contribution < -0.4 is 24.3 Å². The average molecular weight is 463 g/mol. The lowest BCUT2D eigenvalue weighted by Gasteiger charge is -2.25. The van der Waals surface area contributed by atoms with Crippen LogP contribution in [0.2, 0.25) is 0 Å². The molecule has 8 heteroatoms. The molecule has 0 aliphatic carbocycles. The summed E-state index contributed by atoms with van der Waals surface area (Å²) in [6.45, 7) is -0.444. The Bertz CT molecular complexity index is 1080. The van der Waals surface area contributed by atoms with E-state index in [0.29, 0.717) is 23.0 Å². The van der Waals surface area contributed by atoms with E-state index in [2.05, 4.69) is 5.32 Å². The van der Waals surface area contributed by atoms with Gasteiger partial charge in [-0.15, -0.1) is 0 Å². The topological polar surface area (TPSA) is 92.3 Å². The van der Waals surface area contributed by atoms with Crippen molar-refractivity contribution in [1.82, 2.24) is 5.32 Å². The van der Waals surface area contributed by atoms with E-state index >= 15 is 0 Å². The molecule has 34 heavy (non-hydrogen) atoms. The highest BCUT2D eigenvalue weighted by Crippen LogP contribution is 2.31. The summed E-state index contributed by atoms with van der Waals surface area (Å²) in [6.07, 6.45) is -0.943. The first kappa shape index (κ1) is 23.0. The number of ether oxygens (including phenoxy) is 5. The largest absolute Gasteiger partial charge is 0.497 e. The van der Waals surface area contributed by atoms with Crippen molar-refractivity contribution in [3.63, 3.8) is 0 Å². The molecule has 1 aliphatic rings. The van der Waals surface area contributed by atoms with E-state index in [4.69, 9.17) is 23.7 Å². The number of hydrogen-bond donors (Lipinski definition) is 1. The molecule has 0 radical (unpaired) electrons. The lowest BCUT2D eigenvalue weighted by molar-refractivity contribution is -0.157. The highest BCUT2D eigenvalue weighted by atomic mass is 16.6. The molecule has 1 aliphatic heterocycles. The van der Waals surface area contributed by atoms with Crippen LogP contribution >= 0.6 is 0 Å². The SMILES string of the molecule is COc1ccc(C(NC(=O)COC(=O)C2COc3ccccc3O2)c2ccc(OC)cc2)cc1. The van der Waals surface area contributed by atoms with Crippen LogP contribution in [0.25, 0.3) is 0 Å².